The predicted molar refractivity (Wildman–Crippen MR) is 98.1 cm³/mol. The Labute approximate surface area is 153 Å². The average molecular weight is 354 g/mol. The zero-order chi connectivity index (χ0) is 19.4. The van der Waals surface area contributed by atoms with Crippen LogP contribution in [0.1, 0.15) is 47.4 Å². The highest BCUT2D eigenvalue weighted by Gasteiger charge is 2.12. The lowest BCUT2D eigenvalue weighted by Crippen LogP contribution is -2.08. The first-order valence-electron chi connectivity index (χ1n) is 8.25. The minimum atomic E-state index is -0.440. The van der Waals surface area contributed by atoms with Gasteiger partial charge in [-0.3, -0.25) is 19.2 Å². The van der Waals surface area contributed by atoms with Crippen molar-refractivity contribution in [3.8, 4) is 0 Å². The second kappa shape index (κ2) is 11.5. The van der Waals surface area contributed by atoms with Crippen molar-refractivity contribution in [2.24, 2.45) is 0 Å². The second-order valence-electron chi connectivity index (χ2n) is 5.44. The molecule has 0 fully saturated rings. The maximum atomic E-state index is 11.8. The Bertz CT molecular complexity index is 686. The van der Waals surface area contributed by atoms with Crippen molar-refractivity contribution in [1.29, 1.82) is 0 Å². The fourth-order valence-corrected chi connectivity index (χ4v) is 2.01. The van der Waals surface area contributed by atoms with Gasteiger partial charge >= 0.3 is 5.97 Å². The summed E-state index contributed by atoms with van der Waals surface area (Å²) in [5.41, 5.74) is 1.16. The van der Waals surface area contributed by atoms with Gasteiger partial charge in [0.05, 0.1) is 13.0 Å². The number of Topliss-reactive ketones (excluding diaryl/α,β-unsaturated/α-hetero) is 3. The number of hydrogen-bond donors (Lipinski definition) is 0. The highest BCUT2D eigenvalue weighted by atomic mass is 16.5. The van der Waals surface area contributed by atoms with E-state index in [9.17, 15) is 19.2 Å². The van der Waals surface area contributed by atoms with Gasteiger partial charge in [-0.15, -0.1) is 0 Å². The Kier molecular flexibility index (Phi) is 9.25. The Morgan fingerprint density at radius 3 is 1.50 bits per heavy atom. The highest BCUT2D eigenvalue weighted by molar-refractivity contribution is 6.13. The molecule has 0 amide bonds. The van der Waals surface area contributed by atoms with Crippen LogP contribution in [0.15, 0.2) is 60.7 Å². The van der Waals surface area contributed by atoms with Gasteiger partial charge in [-0.05, 0) is 13.8 Å². The number of carbonyl (C=O) groups is 4. The van der Waals surface area contributed by atoms with E-state index in [2.05, 4.69) is 4.74 Å². The average Bonchev–Trinajstić information content (AvgIpc) is 2.63. The number of rotatable bonds is 7. The van der Waals surface area contributed by atoms with E-state index in [-0.39, 0.29) is 30.2 Å². The van der Waals surface area contributed by atoms with Crippen LogP contribution in [-0.2, 0) is 14.3 Å². The molecule has 0 N–H and O–H groups in total. The number of esters is 1. The number of benzene rings is 2. The topological polar surface area (TPSA) is 77.5 Å². The van der Waals surface area contributed by atoms with Crippen LogP contribution in [0.2, 0.25) is 0 Å². The standard InChI is InChI=1S/C15H12O2.C6H10O3/c16-14(12-7-3-1-4-8-12)11-15(17)13-9-5-2-6-10-13;1-3-9-6(8)4-5(2)7/h1-10H,11H2;3-4H2,1-2H3. The summed E-state index contributed by atoms with van der Waals surface area (Å²) in [6.07, 6.45) is -0.179. The van der Waals surface area contributed by atoms with Gasteiger partial charge < -0.3 is 4.74 Å². The normalized spacial score (nSPS) is 9.46. The molecule has 0 aliphatic carbocycles. The van der Waals surface area contributed by atoms with Gasteiger partial charge in [0.25, 0.3) is 0 Å². The van der Waals surface area contributed by atoms with E-state index in [0.29, 0.717) is 17.7 Å². The molecule has 0 heterocycles. The first-order valence-corrected chi connectivity index (χ1v) is 8.25. The highest BCUT2D eigenvalue weighted by Crippen LogP contribution is 2.08. The minimum absolute atomic E-state index is 0.0754. The first kappa shape index (κ1) is 21.0. The largest absolute Gasteiger partial charge is 0.466 e. The first-order chi connectivity index (χ1) is 12.4. The molecule has 2 aromatic carbocycles. The lowest BCUT2D eigenvalue weighted by molar-refractivity contribution is -0.145. The predicted octanol–water partition coefficient (Wildman–Crippen LogP) is 3.67. The summed E-state index contributed by atoms with van der Waals surface area (Å²) in [7, 11) is 0. The minimum Gasteiger partial charge on any atom is -0.466 e. The molecule has 5 heteroatoms. The quantitative estimate of drug-likeness (QED) is 0.431. The van der Waals surface area contributed by atoms with E-state index >= 15 is 0 Å². The molecule has 2 aromatic rings. The van der Waals surface area contributed by atoms with E-state index in [1.165, 1.54) is 6.92 Å². The summed E-state index contributed by atoms with van der Waals surface area (Å²) in [5, 5.41) is 0. The molecule has 0 aromatic heterocycles. The molecule has 0 saturated heterocycles. The SMILES string of the molecule is CCOC(=O)CC(C)=O.O=C(CC(=O)c1ccccc1)c1ccccc1. The van der Waals surface area contributed by atoms with Crippen molar-refractivity contribution < 1.29 is 23.9 Å². The summed E-state index contributed by atoms with van der Waals surface area (Å²) >= 11 is 0. The molecule has 2 rings (SSSR count). The molecule has 136 valence electrons. The zero-order valence-electron chi connectivity index (χ0n) is 14.9. The smallest absolute Gasteiger partial charge is 0.313 e. The summed E-state index contributed by atoms with van der Waals surface area (Å²) < 4.78 is 4.49. The zero-order valence-corrected chi connectivity index (χ0v) is 14.9. The monoisotopic (exact) mass is 354 g/mol. The van der Waals surface area contributed by atoms with Crippen LogP contribution < -0.4 is 0 Å². The van der Waals surface area contributed by atoms with Crippen LogP contribution in [0.4, 0.5) is 0 Å². The Balaban J connectivity index is 0.000000321. The molecule has 0 aliphatic rings. The van der Waals surface area contributed by atoms with Crippen molar-refractivity contribution in [3.05, 3.63) is 71.8 Å². The molecule has 0 bridgehead atoms. The molecule has 0 unspecified atom stereocenters. The van der Waals surface area contributed by atoms with E-state index < -0.39 is 5.97 Å². The van der Waals surface area contributed by atoms with Gasteiger partial charge in [0, 0.05) is 11.1 Å². The maximum Gasteiger partial charge on any atom is 0.313 e. The van der Waals surface area contributed by atoms with Crippen LogP contribution in [0.3, 0.4) is 0 Å². The van der Waals surface area contributed by atoms with Gasteiger partial charge in [0.1, 0.15) is 12.2 Å². The third-order valence-electron chi connectivity index (χ3n) is 3.21. The molecular weight excluding hydrogens is 332 g/mol. The van der Waals surface area contributed by atoms with E-state index in [0.717, 1.165) is 0 Å². The van der Waals surface area contributed by atoms with Crippen molar-refractivity contribution in [3.63, 3.8) is 0 Å². The fraction of sp³-hybridized carbons (Fsp3) is 0.238. The maximum absolute atomic E-state index is 11.8. The van der Waals surface area contributed by atoms with Crippen molar-refractivity contribution in [2.75, 3.05) is 6.61 Å². The summed E-state index contributed by atoms with van der Waals surface area (Å²) in [4.78, 5) is 44.3. The third kappa shape index (κ3) is 8.15. The molecule has 0 atom stereocenters. The van der Waals surface area contributed by atoms with Crippen molar-refractivity contribution >= 4 is 23.3 Å². The molecule has 0 radical (unpaired) electrons. The third-order valence-corrected chi connectivity index (χ3v) is 3.21. The van der Waals surface area contributed by atoms with E-state index in [1.54, 1.807) is 55.5 Å². The van der Waals surface area contributed by atoms with Crippen LogP contribution in [0.5, 0.6) is 0 Å². The lowest BCUT2D eigenvalue weighted by Gasteiger charge is -2.00. The van der Waals surface area contributed by atoms with Crippen LogP contribution >= 0.6 is 0 Å². The van der Waals surface area contributed by atoms with Gasteiger partial charge in [0.15, 0.2) is 11.6 Å². The molecule has 0 saturated carbocycles. The van der Waals surface area contributed by atoms with E-state index in [1.807, 2.05) is 12.1 Å². The molecular formula is C21H22O5. The molecule has 0 aliphatic heterocycles. The van der Waals surface area contributed by atoms with Crippen LogP contribution in [0.25, 0.3) is 0 Å². The summed E-state index contributed by atoms with van der Waals surface area (Å²) in [5.74, 6) is -0.877. The Morgan fingerprint density at radius 2 is 1.15 bits per heavy atom. The van der Waals surface area contributed by atoms with Gasteiger partial charge in [-0.1, -0.05) is 60.7 Å². The molecule has 0 spiro atoms. The molecule has 26 heavy (non-hydrogen) atoms. The molecule has 5 nitrogen and oxygen atoms in total. The van der Waals surface area contributed by atoms with Crippen molar-refractivity contribution in [1.82, 2.24) is 0 Å². The van der Waals surface area contributed by atoms with Crippen molar-refractivity contribution in [2.45, 2.75) is 26.7 Å². The fourth-order valence-electron chi connectivity index (χ4n) is 2.01. The summed E-state index contributed by atoms with van der Waals surface area (Å²) in [6.45, 7) is 3.40. The van der Waals surface area contributed by atoms with Gasteiger partial charge in [0.2, 0.25) is 0 Å². The summed E-state index contributed by atoms with van der Waals surface area (Å²) in [6, 6.07) is 17.7. The Morgan fingerprint density at radius 1 is 0.731 bits per heavy atom. The Hall–Kier alpha value is -3.08. The number of hydrogen-bond acceptors (Lipinski definition) is 5. The van der Waals surface area contributed by atoms with Gasteiger partial charge in [-0.25, -0.2) is 0 Å². The number of carbonyl (C=O) groups excluding carboxylic acids is 4. The van der Waals surface area contributed by atoms with Crippen LogP contribution in [-0.4, -0.2) is 29.9 Å². The lowest BCUT2D eigenvalue weighted by atomic mass is 10.0. The van der Waals surface area contributed by atoms with E-state index in [4.69, 9.17) is 0 Å². The van der Waals surface area contributed by atoms with Gasteiger partial charge in [-0.2, -0.15) is 0 Å². The number of ether oxygens (including phenoxy) is 1. The van der Waals surface area contributed by atoms with Crippen LogP contribution in [0, 0.1) is 0 Å². The number of ketones is 3. The second-order valence-corrected chi connectivity index (χ2v) is 5.44.